The number of para-hydroxylation sites is 3. The van der Waals surface area contributed by atoms with E-state index in [9.17, 15) is 0 Å². The van der Waals surface area contributed by atoms with Crippen molar-refractivity contribution in [2.45, 2.75) is 65.3 Å². The molecule has 0 aliphatic carbocycles. The first-order chi connectivity index (χ1) is 27.1. The molecule has 2 aromatic heterocycles. The Morgan fingerprint density at radius 1 is 0.684 bits per heavy atom. The van der Waals surface area contributed by atoms with Crippen LogP contribution >= 0.6 is 11.3 Å². The first-order valence-electron chi connectivity index (χ1n) is 19.7. The van der Waals surface area contributed by atoms with E-state index in [1.54, 1.807) is 0 Å². The van der Waals surface area contributed by atoms with Crippen LogP contribution in [0.4, 0.5) is 17.1 Å². The van der Waals surface area contributed by atoms with E-state index in [4.69, 9.17) is 5.32 Å². The summed E-state index contributed by atoms with van der Waals surface area (Å²) in [5.41, 5.74) is 11.8. The number of rotatable bonds is 7. The van der Waals surface area contributed by atoms with Crippen molar-refractivity contribution in [2.24, 2.45) is 0 Å². The van der Waals surface area contributed by atoms with Gasteiger partial charge in [0.1, 0.15) is 0 Å². The second kappa shape index (κ2) is 16.9. The topological polar surface area (TPSA) is 30.2 Å². The average Bonchev–Trinajstić information content (AvgIpc) is 3.79. The van der Waals surface area contributed by atoms with Crippen LogP contribution in [0.3, 0.4) is 0 Å². The zero-order valence-electron chi connectivity index (χ0n) is 33.7. The number of nitrogens with zero attached hydrogens (tertiary/aromatic N) is 3. The summed E-state index contributed by atoms with van der Waals surface area (Å²) >= 11 is 1.83. The third-order valence-electron chi connectivity index (χ3n) is 10.7. The van der Waals surface area contributed by atoms with Crippen LogP contribution in [-0.2, 0) is 20.1 Å². The maximum atomic E-state index is 5.25. The molecule has 6 heteroatoms. The largest absolute Gasteiger partial charge is 3.00 e. The second-order valence-corrected chi connectivity index (χ2v) is 22.4. The number of benzene rings is 6. The van der Waals surface area contributed by atoms with Gasteiger partial charge in [-0.2, -0.15) is 23.8 Å². The number of aromatic nitrogens is 1. The molecule has 1 unspecified atom stereocenters. The molecule has 57 heavy (non-hydrogen) atoms. The van der Waals surface area contributed by atoms with Crippen molar-refractivity contribution in [2.75, 3.05) is 4.90 Å². The van der Waals surface area contributed by atoms with Gasteiger partial charge in [0.15, 0.2) is 0 Å². The summed E-state index contributed by atoms with van der Waals surface area (Å²) in [5, 5.41) is 9.24. The van der Waals surface area contributed by atoms with Crippen LogP contribution in [0.25, 0.3) is 47.9 Å². The van der Waals surface area contributed by atoms with Crippen LogP contribution in [0.2, 0.25) is 19.6 Å². The van der Waals surface area contributed by atoms with E-state index < -0.39 is 8.07 Å². The van der Waals surface area contributed by atoms with Crippen LogP contribution in [0.15, 0.2) is 146 Å². The van der Waals surface area contributed by atoms with Gasteiger partial charge in [0.25, 0.3) is 0 Å². The van der Waals surface area contributed by atoms with Crippen LogP contribution in [0, 0.1) is 12.1 Å². The van der Waals surface area contributed by atoms with Gasteiger partial charge in [-0.25, -0.2) is 11.3 Å². The number of pyridine rings is 1. The van der Waals surface area contributed by atoms with E-state index in [0.717, 1.165) is 22.5 Å². The van der Waals surface area contributed by atoms with Gasteiger partial charge in [0.05, 0.1) is 8.07 Å². The van der Waals surface area contributed by atoms with Gasteiger partial charge in [-0.05, 0) is 63.1 Å². The summed E-state index contributed by atoms with van der Waals surface area (Å²) in [4.78, 5) is 7.12. The van der Waals surface area contributed by atoms with Crippen molar-refractivity contribution in [3.63, 3.8) is 0 Å². The van der Waals surface area contributed by atoms with E-state index in [1.807, 2.05) is 29.7 Å². The molecule has 0 amide bonds. The van der Waals surface area contributed by atoms with Crippen LogP contribution in [0.5, 0.6) is 0 Å². The third-order valence-corrected chi connectivity index (χ3v) is 13.8. The van der Waals surface area contributed by atoms with E-state index in [0.29, 0.717) is 11.8 Å². The van der Waals surface area contributed by atoms with Crippen molar-refractivity contribution in [3.8, 4) is 22.4 Å². The molecule has 0 fully saturated rings. The Balaban J connectivity index is 0.000000188. The molecule has 1 atom stereocenters. The van der Waals surface area contributed by atoms with Gasteiger partial charge in [-0.15, -0.1) is 46.5 Å². The number of fused-ring (bicyclic) bond motifs is 4. The fourth-order valence-corrected chi connectivity index (χ4v) is 9.70. The molecule has 0 saturated carbocycles. The summed E-state index contributed by atoms with van der Waals surface area (Å²) in [6.45, 7) is 16.2. The van der Waals surface area contributed by atoms with E-state index in [-0.39, 0.29) is 26.3 Å². The van der Waals surface area contributed by atoms with Gasteiger partial charge in [0.2, 0.25) is 0 Å². The Labute approximate surface area is 357 Å². The summed E-state index contributed by atoms with van der Waals surface area (Å²) in [6.07, 6.45) is 1.89. The van der Waals surface area contributed by atoms with Crippen molar-refractivity contribution in [1.29, 1.82) is 0 Å². The predicted molar refractivity (Wildman–Crippen MR) is 244 cm³/mol. The van der Waals surface area contributed by atoms with Crippen molar-refractivity contribution in [1.82, 2.24) is 4.98 Å². The van der Waals surface area contributed by atoms with Gasteiger partial charge in [0, 0.05) is 22.3 Å². The van der Waals surface area contributed by atoms with E-state index >= 15 is 0 Å². The fourth-order valence-electron chi connectivity index (χ4n) is 7.60. The molecular formula is C51H48IrN3SSi. The quantitative estimate of drug-likeness (QED) is 0.118. The van der Waals surface area contributed by atoms with E-state index in [1.165, 1.54) is 59.0 Å². The molecule has 0 saturated heterocycles. The minimum Gasteiger partial charge on any atom is -0.661 e. The molecule has 1 aliphatic heterocycles. The maximum Gasteiger partial charge on any atom is 3.00 e. The molecule has 0 bridgehead atoms. The molecule has 3 nitrogen and oxygen atoms in total. The number of hydrogen-bond acceptors (Lipinski definition) is 3. The predicted octanol–water partition coefficient (Wildman–Crippen LogP) is 14.7. The Kier molecular flexibility index (Phi) is 12.0. The van der Waals surface area contributed by atoms with Crippen molar-refractivity contribution >= 4 is 61.8 Å². The number of hydrogen-bond donors (Lipinski definition) is 0. The van der Waals surface area contributed by atoms with Gasteiger partial charge in [-0.3, -0.25) is 0 Å². The minimum atomic E-state index is -1.29. The molecule has 286 valence electrons. The van der Waals surface area contributed by atoms with Crippen LogP contribution < -0.4 is 10.1 Å². The fraction of sp³-hybridized carbons (Fsp3) is 0.196. The molecule has 1 aliphatic rings. The van der Waals surface area contributed by atoms with Crippen LogP contribution in [0.1, 0.15) is 62.4 Å². The van der Waals surface area contributed by atoms with Crippen molar-refractivity contribution < 1.29 is 20.1 Å². The monoisotopic (exact) mass is 955 g/mol. The maximum absolute atomic E-state index is 5.25. The van der Waals surface area contributed by atoms with E-state index in [2.05, 4.69) is 197 Å². The summed E-state index contributed by atoms with van der Waals surface area (Å²) in [6, 6.07) is 56.4. The third kappa shape index (κ3) is 8.28. The van der Waals surface area contributed by atoms with Crippen molar-refractivity contribution in [3.05, 3.63) is 180 Å². The zero-order valence-corrected chi connectivity index (χ0v) is 37.9. The SMILES string of the molecule is CC(C)c1cccc(C(C)C)c1N1c2ccccc2[N-]C1c1[c-]cc2sc3ccccc3c2c1.C[Si](C)(C)c1ccc(-c2[c-]ccc(-c3ccccc3)c2)nc1.[Ir+3]. The van der Waals surface area contributed by atoms with Gasteiger partial charge >= 0.3 is 20.1 Å². The molecule has 9 rings (SSSR count). The molecule has 0 spiro atoms. The Hall–Kier alpha value is -4.84. The zero-order chi connectivity index (χ0) is 39.0. The number of anilines is 2. The normalized spacial score (nSPS) is 13.6. The molecule has 3 heterocycles. The Morgan fingerprint density at radius 2 is 1.39 bits per heavy atom. The summed E-state index contributed by atoms with van der Waals surface area (Å²) in [5.74, 6) is 0.823. The molecule has 8 aromatic rings. The second-order valence-electron chi connectivity index (χ2n) is 16.3. The van der Waals surface area contributed by atoms with Gasteiger partial charge in [-0.1, -0.05) is 149 Å². The molecule has 0 N–H and O–H groups in total. The smallest absolute Gasteiger partial charge is 0.661 e. The standard InChI is InChI=1S/C31H28N2S.C20H20NSi.Ir/c1-19(2)22-11-9-12-23(20(3)4)30(22)33-27-14-7-6-13-26(27)32-31(33)21-16-17-29-25(18-21)24-10-5-8-15-28(24)34-29;1-22(2,3)19-12-13-20(21-15-19)18-11-7-10-17(14-18)16-8-5-4-6-9-16;/h5-15,17-20,31H,1-4H3;4-10,12-15H,1-3H3;/q-2;-1;+3. The summed E-state index contributed by atoms with van der Waals surface area (Å²) < 4.78 is 2.59. The minimum absolute atomic E-state index is 0. The van der Waals surface area contributed by atoms with Crippen LogP contribution in [-0.4, -0.2) is 13.1 Å². The Bertz CT molecular complexity index is 2600. The molecule has 0 radical (unpaired) electrons. The van der Waals surface area contributed by atoms with Gasteiger partial charge < -0.3 is 15.2 Å². The molecular weight excluding hydrogens is 907 g/mol. The number of thiophene rings is 1. The molecule has 6 aromatic carbocycles. The first-order valence-corrected chi connectivity index (χ1v) is 24.0. The summed E-state index contributed by atoms with van der Waals surface area (Å²) in [7, 11) is -1.29. The Morgan fingerprint density at radius 3 is 2.09 bits per heavy atom. The first kappa shape index (κ1) is 40.4. The average molecular weight is 955 g/mol.